The van der Waals surface area contributed by atoms with Gasteiger partial charge in [0.2, 0.25) is 11.8 Å². The van der Waals surface area contributed by atoms with Crippen LogP contribution in [-0.4, -0.2) is 50.6 Å². The molecule has 0 saturated carbocycles. The smallest absolute Gasteiger partial charge is 0.385 e. The number of methoxy groups -OCH3 is 1. The first-order valence-electron chi connectivity index (χ1n) is 9.82. The van der Waals surface area contributed by atoms with Gasteiger partial charge in [0.1, 0.15) is 6.04 Å². The van der Waals surface area contributed by atoms with Crippen LogP contribution in [0.15, 0.2) is 48.5 Å². The topological polar surface area (TPSA) is 70.7 Å². The third kappa shape index (κ3) is 7.51. The molecule has 0 spiro atoms. The third-order valence-electron chi connectivity index (χ3n) is 4.58. The largest absolute Gasteiger partial charge is 0.417 e. The number of hydrogen-bond acceptors (Lipinski definition) is 4. The number of carbonyl (C=O) groups excluding carboxylic acids is 2. The molecule has 0 aromatic heterocycles. The fourth-order valence-corrected chi connectivity index (χ4v) is 3.31. The zero-order valence-corrected chi connectivity index (χ0v) is 18.5. The Bertz CT molecular complexity index is 910. The van der Waals surface area contributed by atoms with Crippen LogP contribution in [0.1, 0.15) is 23.6 Å². The molecule has 174 valence electrons. The first-order valence-corrected chi connectivity index (χ1v) is 10.2. The van der Waals surface area contributed by atoms with Gasteiger partial charge in [-0.3, -0.25) is 14.5 Å². The number of nitrogens with zero attached hydrogens (tertiary/aromatic N) is 1. The van der Waals surface area contributed by atoms with Crippen molar-refractivity contribution >= 4 is 29.1 Å². The van der Waals surface area contributed by atoms with E-state index in [-0.39, 0.29) is 18.1 Å². The molecule has 0 bridgehead atoms. The van der Waals surface area contributed by atoms with E-state index in [1.807, 2.05) is 0 Å². The van der Waals surface area contributed by atoms with Crippen LogP contribution in [0.3, 0.4) is 0 Å². The Labute approximate surface area is 189 Å². The van der Waals surface area contributed by atoms with Crippen LogP contribution >= 0.6 is 11.6 Å². The first-order chi connectivity index (χ1) is 15.1. The zero-order valence-electron chi connectivity index (χ0n) is 17.7. The molecule has 0 heterocycles. The van der Waals surface area contributed by atoms with E-state index in [1.165, 1.54) is 11.0 Å². The fraction of sp³-hybridized carbons (Fsp3) is 0.364. The molecule has 2 amide bonds. The molecule has 1 unspecified atom stereocenters. The van der Waals surface area contributed by atoms with Gasteiger partial charge in [-0.15, -0.1) is 0 Å². The molecule has 2 N–H and O–H groups in total. The van der Waals surface area contributed by atoms with Crippen LogP contribution < -0.4 is 10.6 Å². The lowest BCUT2D eigenvalue weighted by molar-refractivity contribution is -0.137. The van der Waals surface area contributed by atoms with Gasteiger partial charge in [-0.1, -0.05) is 41.9 Å². The molecule has 1 atom stereocenters. The molecular formula is C22H25ClF3N3O3. The van der Waals surface area contributed by atoms with E-state index in [1.54, 1.807) is 44.5 Å². The highest BCUT2D eigenvalue weighted by molar-refractivity contribution is 6.31. The fourth-order valence-electron chi connectivity index (χ4n) is 3.09. The molecular weight excluding hydrogens is 447 g/mol. The van der Waals surface area contributed by atoms with Crippen molar-refractivity contribution in [3.05, 3.63) is 64.7 Å². The Kier molecular flexibility index (Phi) is 9.49. The molecule has 2 aromatic rings. The van der Waals surface area contributed by atoms with Crippen LogP contribution in [0.2, 0.25) is 5.02 Å². The maximum Gasteiger partial charge on any atom is 0.417 e. The lowest BCUT2D eigenvalue weighted by atomic mass is 10.0. The van der Waals surface area contributed by atoms with Crippen molar-refractivity contribution < 1.29 is 27.5 Å². The SMILES string of the molecule is COCCCNC(=O)CN(C)C(C(=O)Nc1ccc(Cl)c(C(F)(F)F)c1)c1ccccc1. The third-order valence-corrected chi connectivity index (χ3v) is 4.91. The second-order valence-corrected chi connectivity index (χ2v) is 7.51. The van der Waals surface area contributed by atoms with E-state index in [4.69, 9.17) is 16.3 Å². The summed E-state index contributed by atoms with van der Waals surface area (Å²) < 4.78 is 44.4. The quantitative estimate of drug-likeness (QED) is 0.511. The maximum atomic E-state index is 13.2. The van der Waals surface area contributed by atoms with Crippen LogP contribution in [0.4, 0.5) is 18.9 Å². The van der Waals surface area contributed by atoms with E-state index in [0.29, 0.717) is 25.1 Å². The standard InChI is InChI=1S/C22H25ClF3N3O3/c1-29(14-19(30)27-11-6-12-32-2)20(15-7-4-3-5-8-15)21(31)28-16-9-10-18(23)17(13-16)22(24,25)26/h3-5,7-10,13,20H,6,11-12,14H2,1-2H3,(H,27,30)(H,28,31). The number of benzene rings is 2. The summed E-state index contributed by atoms with van der Waals surface area (Å²) in [6.07, 6.45) is -4.01. The second kappa shape index (κ2) is 11.8. The second-order valence-electron chi connectivity index (χ2n) is 7.11. The van der Waals surface area contributed by atoms with Crippen LogP contribution in [-0.2, 0) is 20.5 Å². The summed E-state index contributed by atoms with van der Waals surface area (Å²) >= 11 is 5.65. The van der Waals surface area contributed by atoms with E-state index < -0.39 is 28.7 Å². The van der Waals surface area contributed by atoms with Crippen molar-refractivity contribution in [3.8, 4) is 0 Å². The molecule has 10 heteroatoms. The van der Waals surface area contributed by atoms with Gasteiger partial charge in [0.05, 0.1) is 17.1 Å². The van der Waals surface area contributed by atoms with E-state index in [2.05, 4.69) is 10.6 Å². The Morgan fingerprint density at radius 1 is 1.16 bits per heavy atom. The number of halogens is 4. The molecule has 0 saturated heterocycles. The molecule has 2 rings (SSSR count). The Hall–Kier alpha value is -2.62. The summed E-state index contributed by atoms with van der Waals surface area (Å²) in [5.74, 6) is -0.871. The van der Waals surface area contributed by atoms with Gasteiger partial charge < -0.3 is 15.4 Å². The van der Waals surface area contributed by atoms with Crippen molar-refractivity contribution in [2.24, 2.45) is 0 Å². The van der Waals surface area contributed by atoms with Gasteiger partial charge in [0, 0.05) is 25.9 Å². The molecule has 0 aliphatic heterocycles. The van der Waals surface area contributed by atoms with Crippen LogP contribution in [0.5, 0.6) is 0 Å². The summed E-state index contributed by atoms with van der Waals surface area (Å²) in [6, 6.07) is 10.9. The van der Waals surface area contributed by atoms with Crippen molar-refractivity contribution in [2.75, 3.05) is 39.2 Å². The first kappa shape index (κ1) is 25.6. The molecule has 32 heavy (non-hydrogen) atoms. The van der Waals surface area contributed by atoms with Crippen LogP contribution in [0, 0.1) is 0 Å². The summed E-state index contributed by atoms with van der Waals surface area (Å²) in [7, 11) is 3.16. The Morgan fingerprint density at radius 2 is 1.84 bits per heavy atom. The number of nitrogens with one attached hydrogen (secondary N) is 2. The highest BCUT2D eigenvalue weighted by Crippen LogP contribution is 2.36. The number of alkyl halides is 3. The van der Waals surface area contributed by atoms with Crippen molar-refractivity contribution in [1.82, 2.24) is 10.2 Å². The summed E-state index contributed by atoms with van der Waals surface area (Å²) in [4.78, 5) is 26.9. The van der Waals surface area contributed by atoms with Gasteiger partial charge in [0.25, 0.3) is 0 Å². The minimum absolute atomic E-state index is 0.0509. The maximum absolute atomic E-state index is 13.2. The minimum atomic E-state index is -4.66. The monoisotopic (exact) mass is 471 g/mol. The summed E-state index contributed by atoms with van der Waals surface area (Å²) in [6.45, 7) is 0.842. The number of anilines is 1. The van der Waals surface area contributed by atoms with E-state index in [9.17, 15) is 22.8 Å². The van der Waals surface area contributed by atoms with Crippen molar-refractivity contribution in [1.29, 1.82) is 0 Å². The number of likely N-dealkylation sites (N-methyl/N-ethyl adjacent to an activating group) is 1. The number of amides is 2. The minimum Gasteiger partial charge on any atom is -0.385 e. The highest BCUT2D eigenvalue weighted by Gasteiger charge is 2.34. The lowest BCUT2D eigenvalue weighted by Crippen LogP contribution is -2.41. The molecule has 2 aromatic carbocycles. The molecule has 0 radical (unpaired) electrons. The zero-order chi connectivity index (χ0) is 23.7. The molecule has 0 fully saturated rings. The average molecular weight is 472 g/mol. The number of hydrogen-bond donors (Lipinski definition) is 2. The van der Waals surface area contributed by atoms with E-state index >= 15 is 0 Å². The molecule has 6 nitrogen and oxygen atoms in total. The molecule has 0 aliphatic carbocycles. The van der Waals surface area contributed by atoms with Crippen LogP contribution in [0.25, 0.3) is 0 Å². The summed E-state index contributed by atoms with van der Waals surface area (Å²) in [5.41, 5.74) is -0.508. The Balaban J connectivity index is 2.19. The van der Waals surface area contributed by atoms with Crippen molar-refractivity contribution in [3.63, 3.8) is 0 Å². The number of carbonyl (C=O) groups is 2. The van der Waals surface area contributed by atoms with E-state index in [0.717, 1.165) is 12.1 Å². The number of ether oxygens (including phenoxy) is 1. The van der Waals surface area contributed by atoms with Gasteiger partial charge in [-0.05, 0) is 37.2 Å². The summed E-state index contributed by atoms with van der Waals surface area (Å²) in [5, 5.41) is 4.79. The highest BCUT2D eigenvalue weighted by atomic mass is 35.5. The average Bonchev–Trinajstić information content (AvgIpc) is 2.72. The normalized spacial score (nSPS) is 12.5. The molecule has 0 aliphatic rings. The van der Waals surface area contributed by atoms with Gasteiger partial charge in [0.15, 0.2) is 0 Å². The van der Waals surface area contributed by atoms with Gasteiger partial charge >= 0.3 is 6.18 Å². The van der Waals surface area contributed by atoms with Gasteiger partial charge in [-0.25, -0.2) is 0 Å². The predicted molar refractivity (Wildman–Crippen MR) is 116 cm³/mol. The number of rotatable bonds is 10. The van der Waals surface area contributed by atoms with Crippen molar-refractivity contribution in [2.45, 2.75) is 18.6 Å². The Morgan fingerprint density at radius 3 is 2.47 bits per heavy atom. The van der Waals surface area contributed by atoms with Gasteiger partial charge in [-0.2, -0.15) is 13.2 Å². The predicted octanol–water partition coefficient (Wildman–Crippen LogP) is 4.12. The lowest BCUT2D eigenvalue weighted by Gasteiger charge is -2.27.